The smallest absolute Gasteiger partial charge is 0.0645 e. The van der Waals surface area contributed by atoms with Crippen molar-refractivity contribution in [3.63, 3.8) is 0 Å². The van der Waals surface area contributed by atoms with E-state index < -0.39 is 0 Å². The SMILES string of the molecule is C#CCNCCOCC=C. The highest BCUT2D eigenvalue weighted by Crippen LogP contribution is 1.72. The summed E-state index contributed by atoms with van der Waals surface area (Å²) in [5.74, 6) is 2.47. The van der Waals surface area contributed by atoms with Gasteiger partial charge in [-0.2, -0.15) is 0 Å². The Kier molecular flexibility index (Phi) is 7.58. The van der Waals surface area contributed by atoms with Crippen LogP contribution < -0.4 is 5.32 Å². The molecule has 0 heterocycles. The van der Waals surface area contributed by atoms with Gasteiger partial charge in [0.15, 0.2) is 0 Å². The third-order valence-electron chi connectivity index (χ3n) is 0.886. The molecule has 1 N–H and O–H groups in total. The molecule has 0 spiro atoms. The Labute approximate surface area is 62.3 Å². The van der Waals surface area contributed by atoms with Gasteiger partial charge in [0.2, 0.25) is 0 Å². The summed E-state index contributed by atoms with van der Waals surface area (Å²) < 4.78 is 5.08. The van der Waals surface area contributed by atoms with Crippen molar-refractivity contribution in [1.82, 2.24) is 5.32 Å². The van der Waals surface area contributed by atoms with E-state index in [9.17, 15) is 0 Å². The molecule has 0 atom stereocenters. The van der Waals surface area contributed by atoms with Crippen molar-refractivity contribution in [2.45, 2.75) is 0 Å². The van der Waals surface area contributed by atoms with Crippen LogP contribution in [0.3, 0.4) is 0 Å². The number of terminal acetylenes is 1. The van der Waals surface area contributed by atoms with Crippen molar-refractivity contribution in [2.75, 3.05) is 26.3 Å². The molecule has 0 aromatic carbocycles. The van der Waals surface area contributed by atoms with Crippen molar-refractivity contribution >= 4 is 0 Å². The fraction of sp³-hybridized carbons (Fsp3) is 0.500. The van der Waals surface area contributed by atoms with Gasteiger partial charge in [0.1, 0.15) is 0 Å². The summed E-state index contributed by atoms with van der Waals surface area (Å²) in [6, 6.07) is 0. The van der Waals surface area contributed by atoms with E-state index in [2.05, 4.69) is 17.8 Å². The molecule has 2 heteroatoms. The Morgan fingerprint density at radius 2 is 2.50 bits per heavy atom. The average Bonchev–Trinajstić information content (AvgIpc) is 1.97. The van der Waals surface area contributed by atoms with E-state index >= 15 is 0 Å². The molecule has 0 bridgehead atoms. The van der Waals surface area contributed by atoms with E-state index in [0.717, 1.165) is 6.54 Å². The lowest BCUT2D eigenvalue weighted by molar-refractivity contribution is 0.165. The number of hydrogen-bond donors (Lipinski definition) is 1. The lowest BCUT2D eigenvalue weighted by atomic mass is 10.6. The summed E-state index contributed by atoms with van der Waals surface area (Å²) >= 11 is 0. The van der Waals surface area contributed by atoms with Gasteiger partial charge in [-0.15, -0.1) is 13.0 Å². The Bertz CT molecular complexity index is 115. The molecule has 56 valence electrons. The van der Waals surface area contributed by atoms with E-state index in [0.29, 0.717) is 19.8 Å². The Balaban J connectivity index is 2.78. The van der Waals surface area contributed by atoms with Crippen molar-refractivity contribution in [2.24, 2.45) is 0 Å². The van der Waals surface area contributed by atoms with Gasteiger partial charge in [0, 0.05) is 6.54 Å². The van der Waals surface area contributed by atoms with Crippen LogP contribution >= 0.6 is 0 Å². The number of hydrogen-bond acceptors (Lipinski definition) is 2. The quantitative estimate of drug-likeness (QED) is 0.327. The number of ether oxygens (including phenoxy) is 1. The van der Waals surface area contributed by atoms with Crippen LogP contribution in [0.2, 0.25) is 0 Å². The largest absolute Gasteiger partial charge is 0.376 e. The topological polar surface area (TPSA) is 21.3 Å². The maximum absolute atomic E-state index is 5.08. The second-order valence-electron chi connectivity index (χ2n) is 1.74. The molecule has 0 aliphatic rings. The second-order valence-corrected chi connectivity index (χ2v) is 1.74. The second kappa shape index (κ2) is 8.22. The zero-order valence-corrected chi connectivity index (χ0v) is 6.10. The van der Waals surface area contributed by atoms with E-state index in [1.807, 2.05) is 0 Å². The number of nitrogens with one attached hydrogen (secondary N) is 1. The van der Waals surface area contributed by atoms with Gasteiger partial charge < -0.3 is 10.1 Å². The average molecular weight is 139 g/mol. The molecular weight excluding hydrogens is 126 g/mol. The van der Waals surface area contributed by atoms with Crippen LogP contribution in [0.1, 0.15) is 0 Å². The van der Waals surface area contributed by atoms with Gasteiger partial charge in [-0.05, 0) is 0 Å². The molecule has 0 saturated carbocycles. The molecular formula is C8H13NO. The van der Waals surface area contributed by atoms with Crippen LogP contribution in [0.25, 0.3) is 0 Å². The highest BCUT2D eigenvalue weighted by atomic mass is 16.5. The zero-order valence-electron chi connectivity index (χ0n) is 6.10. The van der Waals surface area contributed by atoms with E-state index in [-0.39, 0.29) is 0 Å². The van der Waals surface area contributed by atoms with Crippen molar-refractivity contribution < 1.29 is 4.74 Å². The van der Waals surface area contributed by atoms with Crippen molar-refractivity contribution in [3.05, 3.63) is 12.7 Å². The highest BCUT2D eigenvalue weighted by Gasteiger charge is 1.82. The van der Waals surface area contributed by atoms with Crippen LogP contribution in [0, 0.1) is 12.3 Å². The maximum Gasteiger partial charge on any atom is 0.0645 e. The predicted molar refractivity (Wildman–Crippen MR) is 42.7 cm³/mol. The van der Waals surface area contributed by atoms with Gasteiger partial charge in [-0.3, -0.25) is 0 Å². The van der Waals surface area contributed by atoms with Gasteiger partial charge in [0.25, 0.3) is 0 Å². The normalized spacial score (nSPS) is 8.70. The van der Waals surface area contributed by atoms with Crippen molar-refractivity contribution in [3.8, 4) is 12.3 Å². The summed E-state index contributed by atoms with van der Waals surface area (Å²) in [6.45, 7) is 6.23. The van der Waals surface area contributed by atoms with Crippen LogP contribution in [0.4, 0.5) is 0 Å². The molecule has 0 unspecified atom stereocenters. The predicted octanol–water partition coefficient (Wildman–Crippen LogP) is 0.412. The summed E-state index contributed by atoms with van der Waals surface area (Å²) in [6.07, 6.45) is 6.72. The first-order chi connectivity index (χ1) is 4.91. The Hall–Kier alpha value is -0.780. The minimum Gasteiger partial charge on any atom is -0.376 e. The van der Waals surface area contributed by atoms with Gasteiger partial charge in [0.05, 0.1) is 19.8 Å². The van der Waals surface area contributed by atoms with Gasteiger partial charge >= 0.3 is 0 Å². The minimum absolute atomic E-state index is 0.609. The molecule has 0 amide bonds. The molecule has 0 aliphatic heterocycles. The first-order valence-corrected chi connectivity index (χ1v) is 3.24. The van der Waals surface area contributed by atoms with Crippen LogP contribution in [0.15, 0.2) is 12.7 Å². The molecule has 2 nitrogen and oxygen atoms in total. The lowest BCUT2D eigenvalue weighted by Crippen LogP contribution is -2.19. The molecule has 0 rings (SSSR count). The molecule has 0 fully saturated rings. The maximum atomic E-state index is 5.08. The monoisotopic (exact) mass is 139 g/mol. The van der Waals surface area contributed by atoms with Crippen molar-refractivity contribution in [1.29, 1.82) is 0 Å². The van der Waals surface area contributed by atoms with E-state index in [1.165, 1.54) is 0 Å². The Morgan fingerprint density at radius 1 is 1.70 bits per heavy atom. The Morgan fingerprint density at radius 3 is 3.10 bits per heavy atom. The lowest BCUT2D eigenvalue weighted by Gasteiger charge is -1.99. The number of rotatable bonds is 6. The van der Waals surface area contributed by atoms with Gasteiger partial charge in [-0.25, -0.2) is 0 Å². The van der Waals surface area contributed by atoms with Crippen LogP contribution in [-0.4, -0.2) is 26.3 Å². The fourth-order valence-electron chi connectivity index (χ4n) is 0.472. The standard InChI is InChI=1S/C8H13NO/c1-3-5-9-6-8-10-7-4-2/h1,4,9H,2,5-8H2. The van der Waals surface area contributed by atoms with Crippen LogP contribution in [0.5, 0.6) is 0 Å². The zero-order chi connectivity index (χ0) is 7.66. The first-order valence-electron chi connectivity index (χ1n) is 3.24. The van der Waals surface area contributed by atoms with Crippen LogP contribution in [-0.2, 0) is 4.74 Å². The fourth-order valence-corrected chi connectivity index (χ4v) is 0.472. The molecule has 0 aliphatic carbocycles. The molecule has 0 radical (unpaired) electrons. The third-order valence-corrected chi connectivity index (χ3v) is 0.886. The molecule has 0 saturated heterocycles. The molecule has 10 heavy (non-hydrogen) atoms. The summed E-state index contributed by atoms with van der Waals surface area (Å²) in [4.78, 5) is 0. The summed E-state index contributed by atoms with van der Waals surface area (Å²) in [5, 5.41) is 3.00. The third kappa shape index (κ3) is 7.22. The summed E-state index contributed by atoms with van der Waals surface area (Å²) in [5.41, 5.74) is 0. The first kappa shape index (κ1) is 9.22. The van der Waals surface area contributed by atoms with Gasteiger partial charge in [-0.1, -0.05) is 12.0 Å². The molecule has 0 aromatic rings. The summed E-state index contributed by atoms with van der Waals surface area (Å²) in [7, 11) is 0. The van der Waals surface area contributed by atoms with E-state index in [1.54, 1.807) is 6.08 Å². The highest BCUT2D eigenvalue weighted by molar-refractivity contribution is 4.86. The van der Waals surface area contributed by atoms with E-state index in [4.69, 9.17) is 11.2 Å². The molecule has 0 aromatic heterocycles. The minimum atomic E-state index is 0.609.